The van der Waals surface area contributed by atoms with Gasteiger partial charge in [0.25, 0.3) is 6.23 Å². The maximum atomic E-state index is 13.6. The maximum Gasteiger partial charge on any atom is 0.251 e. The largest absolute Gasteiger partial charge is 0.459 e. The van der Waals surface area contributed by atoms with Crippen LogP contribution < -0.4 is 4.74 Å². The van der Waals surface area contributed by atoms with Crippen LogP contribution in [0.2, 0.25) is 10.0 Å². The number of hydrogen-bond donors (Lipinski definition) is 0. The third-order valence-corrected chi connectivity index (χ3v) is 6.95. The molecule has 34 heavy (non-hydrogen) atoms. The molecule has 0 bridgehead atoms. The quantitative estimate of drug-likeness (QED) is 0.287. The second-order valence-electron chi connectivity index (χ2n) is 8.72. The number of hydrazone groups is 1. The van der Waals surface area contributed by atoms with Gasteiger partial charge in [-0.05, 0) is 41.5 Å². The molecule has 0 spiro atoms. The molecular formula is C28H20Cl2N2O2. The van der Waals surface area contributed by atoms with Crippen LogP contribution in [0.25, 0.3) is 10.8 Å². The summed E-state index contributed by atoms with van der Waals surface area (Å²) in [6.07, 6.45) is -0.305. The van der Waals surface area contributed by atoms with Crippen molar-refractivity contribution < 1.29 is 9.53 Å². The first-order chi connectivity index (χ1) is 16.5. The van der Waals surface area contributed by atoms with Crippen LogP contribution in [0.4, 0.5) is 0 Å². The van der Waals surface area contributed by atoms with Crippen LogP contribution in [0.1, 0.15) is 39.5 Å². The van der Waals surface area contributed by atoms with E-state index in [2.05, 4.69) is 30.3 Å². The number of fused-ring (bicyclic) bond motifs is 4. The number of hydrogen-bond acceptors (Lipinski definition) is 4. The summed E-state index contributed by atoms with van der Waals surface area (Å²) in [5.41, 5.74) is 4.40. The van der Waals surface area contributed by atoms with Crippen molar-refractivity contribution >= 4 is 45.5 Å². The van der Waals surface area contributed by atoms with Gasteiger partial charge in [0.15, 0.2) is 0 Å². The Morgan fingerprint density at radius 3 is 2.53 bits per heavy atom. The number of halogens is 2. The van der Waals surface area contributed by atoms with Crippen LogP contribution in [0.15, 0.2) is 84.0 Å². The van der Waals surface area contributed by atoms with Gasteiger partial charge in [-0.25, -0.2) is 5.01 Å². The second kappa shape index (κ2) is 8.15. The molecule has 0 radical (unpaired) electrons. The number of carbonyl (C=O) groups is 1. The second-order valence-corrected chi connectivity index (χ2v) is 9.56. The molecule has 0 aliphatic carbocycles. The fourth-order valence-electron chi connectivity index (χ4n) is 4.69. The molecule has 0 unspecified atom stereocenters. The molecule has 6 rings (SSSR count). The smallest absolute Gasteiger partial charge is 0.251 e. The summed E-state index contributed by atoms with van der Waals surface area (Å²) in [6, 6.07) is 25.3. The molecule has 168 valence electrons. The molecule has 0 aromatic heterocycles. The number of benzene rings is 4. The van der Waals surface area contributed by atoms with Crippen molar-refractivity contribution in [3.05, 3.63) is 111 Å². The first-order valence-corrected chi connectivity index (χ1v) is 11.8. The van der Waals surface area contributed by atoms with E-state index in [4.69, 9.17) is 33.0 Å². The van der Waals surface area contributed by atoms with Gasteiger partial charge in [0.1, 0.15) is 5.75 Å². The van der Waals surface area contributed by atoms with Crippen molar-refractivity contribution in [3.63, 3.8) is 0 Å². The SMILES string of the molecule is Cc1ccc(C(=O)[C@@H]2Oc3c(Cl)cc(Cl)cc3[C@H]3CC(c4ccc5ccccc5c4)=NN32)cc1. The number of rotatable bonds is 3. The molecule has 2 aliphatic rings. The van der Waals surface area contributed by atoms with Gasteiger partial charge in [0, 0.05) is 22.6 Å². The molecular weight excluding hydrogens is 467 g/mol. The Kier molecular flexibility index (Phi) is 5.09. The summed E-state index contributed by atoms with van der Waals surface area (Å²) in [7, 11) is 0. The van der Waals surface area contributed by atoms with Gasteiger partial charge in [-0.3, -0.25) is 4.79 Å². The summed E-state index contributed by atoms with van der Waals surface area (Å²) in [6.45, 7) is 1.99. The van der Waals surface area contributed by atoms with E-state index in [0.717, 1.165) is 27.8 Å². The molecule has 0 N–H and O–H groups in total. The molecule has 4 nitrogen and oxygen atoms in total. The molecule has 4 aromatic carbocycles. The summed E-state index contributed by atoms with van der Waals surface area (Å²) in [5.74, 6) is 0.331. The van der Waals surface area contributed by atoms with Gasteiger partial charge in [-0.2, -0.15) is 5.10 Å². The summed E-state index contributed by atoms with van der Waals surface area (Å²) >= 11 is 12.9. The lowest BCUT2D eigenvalue weighted by molar-refractivity contribution is -0.00447. The van der Waals surface area contributed by atoms with E-state index in [1.807, 2.05) is 49.4 Å². The molecule has 0 fully saturated rings. The van der Waals surface area contributed by atoms with Gasteiger partial charge in [-0.15, -0.1) is 0 Å². The zero-order valence-corrected chi connectivity index (χ0v) is 19.8. The maximum absolute atomic E-state index is 13.6. The van der Waals surface area contributed by atoms with E-state index < -0.39 is 6.23 Å². The van der Waals surface area contributed by atoms with Crippen LogP contribution in [0.3, 0.4) is 0 Å². The monoisotopic (exact) mass is 486 g/mol. The lowest BCUT2D eigenvalue weighted by Crippen LogP contribution is -2.46. The van der Waals surface area contributed by atoms with Crippen molar-refractivity contribution in [1.82, 2.24) is 5.01 Å². The lowest BCUT2D eigenvalue weighted by Gasteiger charge is -2.37. The first kappa shape index (κ1) is 21.2. The number of carbonyl (C=O) groups excluding carboxylic acids is 1. The summed E-state index contributed by atoms with van der Waals surface area (Å²) in [4.78, 5) is 13.6. The number of Topliss-reactive ketones (excluding diaryl/α,β-unsaturated/α-hetero) is 1. The van der Waals surface area contributed by atoms with Gasteiger partial charge in [-0.1, -0.05) is 89.4 Å². The zero-order valence-electron chi connectivity index (χ0n) is 18.3. The normalized spacial score (nSPS) is 18.8. The predicted molar refractivity (Wildman–Crippen MR) is 136 cm³/mol. The van der Waals surface area contributed by atoms with Gasteiger partial charge in [0.05, 0.1) is 16.8 Å². The minimum Gasteiger partial charge on any atom is -0.459 e. The molecule has 0 amide bonds. The third kappa shape index (κ3) is 3.54. The molecule has 0 saturated heterocycles. The van der Waals surface area contributed by atoms with Crippen molar-refractivity contribution in [3.8, 4) is 5.75 Å². The molecule has 2 heterocycles. The highest BCUT2D eigenvalue weighted by Crippen LogP contribution is 2.47. The Hall–Kier alpha value is -3.34. The van der Waals surface area contributed by atoms with E-state index in [9.17, 15) is 4.79 Å². The minimum atomic E-state index is -0.920. The molecule has 6 heteroatoms. The summed E-state index contributed by atoms with van der Waals surface area (Å²) in [5, 5.41) is 9.90. The first-order valence-electron chi connectivity index (χ1n) is 11.1. The molecule has 2 aliphatic heterocycles. The fourth-order valence-corrected chi connectivity index (χ4v) is 5.24. The van der Waals surface area contributed by atoms with Gasteiger partial charge in [0.2, 0.25) is 5.78 Å². The van der Waals surface area contributed by atoms with Crippen molar-refractivity contribution in [1.29, 1.82) is 0 Å². The molecule has 0 saturated carbocycles. The number of ketones is 1. The van der Waals surface area contributed by atoms with Crippen LogP contribution >= 0.6 is 23.2 Å². The van der Waals surface area contributed by atoms with E-state index in [1.165, 1.54) is 5.39 Å². The molecule has 4 aromatic rings. The highest BCUT2D eigenvalue weighted by atomic mass is 35.5. The Balaban J connectivity index is 1.45. The molecule has 2 atom stereocenters. The van der Waals surface area contributed by atoms with Crippen molar-refractivity contribution in [2.45, 2.75) is 25.6 Å². The van der Waals surface area contributed by atoms with E-state index >= 15 is 0 Å². The van der Waals surface area contributed by atoms with Crippen LogP contribution in [-0.2, 0) is 0 Å². The van der Waals surface area contributed by atoms with Crippen LogP contribution in [0.5, 0.6) is 5.75 Å². The Bertz CT molecular complexity index is 1480. The van der Waals surface area contributed by atoms with Crippen LogP contribution in [-0.4, -0.2) is 22.7 Å². The highest BCUT2D eigenvalue weighted by Gasteiger charge is 2.44. The van der Waals surface area contributed by atoms with Crippen molar-refractivity contribution in [2.24, 2.45) is 5.10 Å². The average molecular weight is 487 g/mol. The van der Waals surface area contributed by atoms with E-state index in [1.54, 1.807) is 11.1 Å². The fraction of sp³-hybridized carbons (Fsp3) is 0.143. The van der Waals surface area contributed by atoms with E-state index in [0.29, 0.717) is 27.8 Å². The van der Waals surface area contributed by atoms with Gasteiger partial charge >= 0.3 is 0 Å². The van der Waals surface area contributed by atoms with E-state index in [-0.39, 0.29) is 11.8 Å². The van der Waals surface area contributed by atoms with Crippen molar-refractivity contribution in [2.75, 3.05) is 0 Å². The number of aryl methyl sites for hydroxylation is 1. The highest BCUT2D eigenvalue weighted by molar-refractivity contribution is 6.35. The Morgan fingerprint density at radius 1 is 0.971 bits per heavy atom. The number of ether oxygens (including phenoxy) is 1. The Labute approximate surface area is 207 Å². The zero-order chi connectivity index (χ0) is 23.4. The van der Waals surface area contributed by atoms with Crippen LogP contribution in [0, 0.1) is 6.92 Å². The summed E-state index contributed by atoms with van der Waals surface area (Å²) < 4.78 is 6.21. The topological polar surface area (TPSA) is 41.9 Å². The Morgan fingerprint density at radius 2 is 1.74 bits per heavy atom. The number of nitrogens with zero attached hydrogens (tertiary/aromatic N) is 2. The predicted octanol–water partition coefficient (Wildman–Crippen LogP) is 7.21. The minimum absolute atomic E-state index is 0.162. The lowest BCUT2D eigenvalue weighted by atomic mass is 9.95. The standard InChI is InChI=1S/C28H20Cl2N2O2/c1-16-6-8-18(9-7-16)26(33)28-32-25(22-13-21(29)14-23(30)27(22)34-28)15-24(31-32)20-11-10-17-4-2-3-5-19(17)12-20/h2-14,25,28H,15H2,1H3/t25-,28+/m1/s1. The van der Waals surface area contributed by atoms with Gasteiger partial charge < -0.3 is 4.74 Å². The third-order valence-electron chi connectivity index (χ3n) is 6.45. The average Bonchev–Trinajstić information content (AvgIpc) is 3.29.